The Morgan fingerprint density at radius 1 is 1.28 bits per heavy atom. The number of hydrogen-bond donors (Lipinski definition) is 2. The number of carbonyl (C=O) groups is 1. The molecule has 0 unspecified atom stereocenters. The van der Waals surface area contributed by atoms with Crippen molar-refractivity contribution in [1.82, 2.24) is 4.31 Å². The highest BCUT2D eigenvalue weighted by Crippen LogP contribution is 2.25. The van der Waals surface area contributed by atoms with E-state index in [4.69, 9.17) is 10.5 Å². The molecule has 0 saturated carbocycles. The smallest absolute Gasteiger partial charge is 0.244 e. The van der Waals surface area contributed by atoms with Crippen molar-refractivity contribution in [2.24, 2.45) is 5.73 Å². The van der Waals surface area contributed by atoms with Crippen LogP contribution in [0.5, 0.6) is 0 Å². The zero-order valence-electron chi connectivity index (χ0n) is 15.0. The number of sulfonamides is 1. The minimum atomic E-state index is -3.60. The number of benzene rings is 1. The number of carbonyl (C=O) groups excluding carboxylic acids is 1. The first-order valence-corrected chi connectivity index (χ1v) is 9.97. The maximum Gasteiger partial charge on any atom is 0.244 e. The quantitative estimate of drug-likeness (QED) is 0.791. The number of anilines is 1. The van der Waals surface area contributed by atoms with Crippen LogP contribution in [0, 0.1) is 6.92 Å². The van der Waals surface area contributed by atoms with Gasteiger partial charge in [-0.1, -0.05) is 19.9 Å². The molecule has 8 heteroatoms. The molecule has 1 aromatic rings. The van der Waals surface area contributed by atoms with Gasteiger partial charge >= 0.3 is 0 Å². The first-order valence-electron chi connectivity index (χ1n) is 8.53. The molecule has 3 N–H and O–H groups in total. The van der Waals surface area contributed by atoms with Crippen molar-refractivity contribution in [3.05, 3.63) is 23.8 Å². The van der Waals surface area contributed by atoms with Crippen LogP contribution in [0.3, 0.4) is 0 Å². The van der Waals surface area contributed by atoms with Gasteiger partial charge in [0, 0.05) is 32.0 Å². The van der Waals surface area contributed by atoms with E-state index in [1.807, 2.05) is 0 Å². The van der Waals surface area contributed by atoms with Crippen LogP contribution in [0.4, 0.5) is 5.69 Å². The topological polar surface area (TPSA) is 102 Å². The minimum Gasteiger partial charge on any atom is -0.381 e. The van der Waals surface area contributed by atoms with E-state index in [0.717, 1.165) is 0 Å². The molecule has 1 amide bonds. The van der Waals surface area contributed by atoms with Crippen LogP contribution in [0.15, 0.2) is 23.1 Å². The van der Waals surface area contributed by atoms with Gasteiger partial charge in [0.25, 0.3) is 0 Å². The highest BCUT2D eigenvalue weighted by atomic mass is 32.2. The lowest BCUT2D eigenvalue weighted by Gasteiger charge is -2.31. The molecule has 1 fully saturated rings. The largest absolute Gasteiger partial charge is 0.381 e. The van der Waals surface area contributed by atoms with E-state index < -0.39 is 15.6 Å². The lowest BCUT2D eigenvalue weighted by atomic mass is 9.90. The van der Waals surface area contributed by atoms with Gasteiger partial charge in [0.15, 0.2) is 0 Å². The summed E-state index contributed by atoms with van der Waals surface area (Å²) in [6, 6.07) is 4.89. The number of rotatable bonds is 6. The molecule has 0 atom stereocenters. The number of nitrogens with one attached hydrogen (secondary N) is 1. The fourth-order valence-corrected chi connectivity index (χ4v) is 4.59. The van der Waals surface area contributed by atoms with Crippen LogP contribution in [0.25, 0.3) is 0 Å². The molecule has 0 bridgehead atoms. The molecular weight excluding hydrogens is 342 g/mol. The molecule has 1 heterocycles. The maximum absolute atomic E-state index is 12.8. The molecular formula is C17H27N3O4S. The van der Waals surface area contributed by atoms with Gasteiger partial charge in [-0.25, -0.2) is 8.42 Å². The first kappa shape index (κ1) is 19.8. The fourth-order valence-electron chi connectivity index (χ4n) is 2.88. The Labute approximate surface area is 149 Å². The van der Waals surface area contributed by atoms with Gasteiger partial charge < -0.3 is 15.8 Å². The molecule has 0 aliphatic carbocycles. The highest BCUT2D eigenvalue weighted by Gasteiger charge is 2.36. The van der Waals surface area contributed by atoms with Gasteiger partial charge in [0.05, 0.1) is 4.90 Å². The molecule has 1 saturated heterocycles. The number of nitrogens with zero attached hydrogens (tertiary/aromatic N) is 1. The SMILES string of the molecule is CCN(CC)S(=O)(=O)c1cc(NC(=O)C2(N)CCOCC2)ccc1C. The summed E-state index contributed by atoms with van der Waals surface area (Å²) in [7, 11) is -3.60. The first-order chi connectivity index (χ1) is 11.7. The monoisotopic (exact) mass is 369 g/mol. The zero-order chi connectivity index (χ0) is 18.7. The van der Waals surface area contributed by atoms with E-state index in [9.17, 15) is 13.2 Å². The molecule has 1 aliphatic rings. The number of ether oxygens (including phenoxy) is 1. The Morgan fingerprint density at radius 3 is 2.44 bits per heavy atom. The summed E-state index contributed by atoms with van der Waals surface area (Å²) in [4.78, 5) is 12.7. The second-order valence-corrected chi connectivity index (χ2v) is 8.20. The molecule has 1 aliphatic heterocycles. The average Bonchev–Trinajstić information content (AvgIpc) is 2.58. The number of nitrogens with two attached hydrogens (primary N) is 1. The molecule has 25 heavy (non-hydrogen) atoms. The molecule has 2 rings (SSSR count). The Hall–Kier alpha value is -1.48. The van der Waals surface area contributed by atoms with E-state index >= 15 is 0 Å². The second kappa shape index (κ2) is 7.82. The highest BCUT2D eigenvalue weighted by molar-refractivity contribution is 7.89. The number of hydrogen-bond acceptors (Lipinski definition) is 5. The number of amides is 1. The van der Waals surface area contributed by atoms with E-state index in [2.05, 4.69) is 5.32 Å². The Balaban J connectivity index is 2.28. The summed E-state index contributed by atoms with van der Waals surface area (Å²) in [5, 5.41) is 2.76. The predicted molar refractivity (Wildman–Crippen MR) is 96.9 cm³/mol. The predicted octanol–water partition coefficient (Wildman–Crippen LogP) is 1.47. The summed E-state index contributed by atoms with van der Waals surface area (Å²) in [5.41, 5.74) is 6.26. The van der Waals surface area contributed by atoms with Crippen LogP contribution in [0.2, 0.25) is 0 Å². The lowest BCUT2D eigenvalue weighted by molar-refractivity contribution is -0.124. The van der Waals surface area contributed by atoms with Crippen molar-refractivity contribution in [3.8, 4) is 0 Å². The number of aryl methyl sites for hydroxylation is 1. The van der Waals surface area contributed by atoms with Gasteiger partial charge in [0.1, 0.15) is 5.54 Å². The maximum atomic E-state index is 12.8. The van der Waals surface area contributed by atoms with E-state index in [-0.39, 0.29) is 10.8 Å². The Kier molecular flexibility index (Phi) is 6.21. The third kappa shape index (κ3) is 4.20. The van der Waals surface area contributed by atoms with Gasteiger partial charge in [-0.15, -0.1) is 0 Å². The van der Waals surface area contributed by atoms with Gasteiger partial charge in [-0.2, -0.15) is 4.31 Å². The standard InChI is InChI=1S/C17H27N3O4S/c1-4-20(5-2)25(22,23)15-12-14(7-6-13(15)3)19-16(21)17(18)8-10-24-11-9-17/h6-7,12H,4-5,8-11,18H2,1-3H3,(H,19,21). The van der Waals surface area contributed by atoms with E-state index in [1.54, 1.807) is 32.9 Å². The average molecular weight is 369 g/mol. The molecule has 0 radical (unpaired) electrons. The molecule has 140 valence electrons. The summed E-state index contributed by atoms with van der Waals surface area (Å²) >= 11 is 0. The van der Waals surface area contributed by atoms with Crippen molar-refractivity contribution in [1.29, 1.82) is 0 Å². The van der Waals surface area contributed by atoms with Crippen LogP contribution in [-0.4, -0.2) is 50.5 Å². The second-order valence-electron chi connectivity index (χ2n) is 6.29. The molecule has 0 aromatic heterocycles. The van der Waals surface area contributed by atoms with Crippen molar-refractivity contribution in [2.45, 2.75) is 44.0 Å². The molecule has 0 spiro atoms. The van der Waals surface area contributed by atoms with E-state index in [0.29, 0.717) is 50.4 Å². The van der Waals surface area contributed by atoms with Crippen molar-refractivity contribution in [3.63, 3.8) is 0 Å². The van der Waals surface area contributed by atoms with Gasteiger partial charge in [0.2, 0.25) is 15.9 Å². The third-order valence-electron chi connectivity index (χ3n) is 4.61. The molecule has 7 nitrogen and oxygen atoms in total. The van der Waals surface area contributed by atoms with Gasteiger partial charge in [-0.05, 0) is 37.5 Å². The summed E-state index contributed by atoms with van der Waals surface area (Å²) < 4.78 is 32.2. The zero-order valence-corrected chi connectivity index (χ0v) is 15.9. The normalized spacial score (nSPS) is 17.5. The summed E-state index contributed by atoms with van der Waals surface area (Å²) in [6.07, 6.45) is 0.880. The van der Waals surface area contributed by atoms with Crippen molar-refractivity contribution in [2.75, 3.05) is 31.6 Å². The van der Waals surface area contributed by atoms with Crippen LogP contribution < -0.4 is 11.1 Å². The Morgan fingerprint density at radius 2 is 1.88 bits per heavy atom. The summed E-state index contributed by atoms with van der Waals surface area (Å²) in [6.45, 7) is 7.00. The molecule has 1 aromatic carbocycles. The third-order valence-corrected chi connectivity index (χ3v) is 6.80. The lowest BCUT2D eigenvalue weighted by Crippen LogP contribution is -2.54. The van der Waals surface area contributed by atoms with E-state index in [1.165, 1.54) is 10.4 Å². The van der Waals surface area contributed by atoms with Crippen LogP contribution in [0.1, 0.15) is 32.3 Å². The minimum absolute atomic E-state index is 0.201. The fraction of sp³-hybridized carbons (Fsp3) is 0.588. The van der Waals surface area contributed by atoms with Crippen molar-refractivity contribution >= 4 is 21.6 Å². The van der Waals surface area contributed by atoms with Gasteiger partial charge in [-0.3, -0.25) is 4.79 Å². The summed E-state index contributed by atoms with van der Waals surface area (Å²) in [5.74, 6) is -0.314. The Bertz CT molecular complexity index is 723. The van der Waals surface area contributed by atoms with Crippen LogP contribution in [-0.2, 0) is 19.6 Å². The van der Waals surface area contributed by atoms with Crippen LogP contribution >= 0.6 is 0 Å². The van der Waals surface area contributed by atoms with Crippen molar-refractivity contribution < 1.29 is 17.9 Å².